The minimum absolute atomic E-state index is 0.117. The van der Waals surface area contributed by atoms with Crippen LogP contribution < -0.4 is 5.73 Å². The van der Waals surface area contributed by atoms with Crippen LogP contribution in [0.2, 0.25) is 0 Å². The van der Waals surface area contributed by atoms with Gasteiger partial charge in [-0.3, -0.25) is 4.90 Å². The standard InChI is InChI=1S/C18H28N6/c1-2-3-11-24-17(20-21-22-24)14-23-12-9-18(15-19,10-13-23)16-7-5-4-6-8-16/h4-8H,2-3,9-15,19H2,1H3. The lowest BCUT2D eigenvalue weighted by atomic mass is 9.73. The molecule has 0 saturated carbocycles. The summed E-state index contributed by atoms with van der Waals surface area (Å²) in [6.45, 7) is 6.69. The van der Waals surface area contributed by atoms with Crippen molar-refractivity contribution in [2.45, 2.75) is 51.1 Å². The number of aryl methyl sites for hydroxylation is 1. The van der Waals surface area contributed by atoms with Crippen molar-refractivity contribution < 1.29 is 0 Å². The molecule has 3 rings (SSSR count). The van der Waals surface area contributed by atoms with Gasteiger partial charge in [0, 0.05) is 18.5 Å². The third-order valence-corrected chi connectivity index (χ3v) is 5.28. The highest BCUT2D eigenvalue weighted by molar-refractivity contribution is 5.26. The number of unbranched alkanes of at least 4 members (excludes halogenated alkanes) is 1. The van der Waals surface area contributed by atoms with Crippen LogP contribution >= 0.6 is 0 Å². The molecular weight excluding hydrogens is 300 g/mol. The van der Waals surface area contributed by atoms with Gasteiger partial charge in [-0.25, -0.2) is 4.68 Å². The minimum atomic E-state index is 0.117. The molecule has 2 aromatic rings. The maximum absolute atomic E-state index is 6.18. The van der Waals surface area contributed by atoms with Gasteiger partial charge in [-0.2, -0.15) is 0 Å². The van der Waals surface area contributed by atoms with E-state index in [-0.39, 0.29) is 5.41 Å². The number of aromatic nitrogens is 4. The second kappa shape index (κ2) is 7.85. The van der Waals surface area contributed by atoms with Crippen molar-refractivity contribution in [1.82, 2.24) is 25.1 Å². The van der Waals surface area contributed by atoms with E-state index in [0.29, 0.717) is 6.54 Å². The van der Waals surface area contributed by atoms with Crippen molar-refractivity contribution in [3.63, 3.8) is 0 Å². The molecule has 2 N–H and O–H groups in total. The van der Waals surface area contributed by atoms with Gasteiger partial charge < -0.3 is 5.73 Å². The van der Waals surface area contributed by atoms with E-state index >= 15 is 0 Å². The number of nitrogens with two attached hydrogens (primary N) is 1. The second-order valence-corrected chi connectivity index (χ2v) is 6.80. The Hall–Kier alpha value is -1.79. The van der Waals surface area contributed by atoms with Crippen LogP contribution in [0.25, 0.3) is 0 Å². The summed E-state index contributed by atoms with van der Waals surface area (Å²) in [5.74, 6) is 0.975. The van der Waals surface area contributed by atoms with Gasteiger partial charge in [0.25, 0.3) is 0 Å². The van der Waals surface area contributed by atoms with E-state index in [0.717, 1.165) is 57.7 Å². The van der Waals surface area contributed by atoms with Crippen LogP contribution in [-0.2, 0) is 18.5 Å². The summed E-state index contributed by atoms with van der Waals surface area (Å²) in [6, 6.07) is 10.7. The summed E-state index contributed by atoms with van der Waals surface area (Å²) in [5.41, 5.74) is 7.67. The molecule has 6 heteroatoms. The Morgan fingerprint density at radius 3 is 2.58 bits per heavy atom. The zero-order valence-corrected chi connectivity index (χ0v) is 14.6. The molecule has 1 aromatic carbocycles. The molecule has 0 unspecified atom stereocenters. The molecule has 0 atom stereocenters. The monoisotopic (exact) mass is 328 g/mol. The lowest BCUT2D eigenvalue weighted by molar-refractivity contribution is 0.151. The number of nitrogens with zero attached hydrogens (tertiary/aromatic N) is 5. The minimum Gasteiger partial charge on any atom is -0.330 e. The van der Waals surface area contributed by atoms with Crippen molar-refractivity contribution in [3.8, 4) is 0 Å². The first kappa shape index (κ1) is 17.0. The SMILES string of the molecule is CCCCn1nnnc1CN1CCC(CN)(c2ccccc2)CC1. The topological polar surface area (TPSA) is 72.9 Å². The normalized spacial score (nSPS) is 17.9. The van der Waals surface area contributed by atoms with Gasteiger partial charge in [-0.1, -0.05) is 43.7 Å². The number of benzene rings is 1. The van der Waals surface area contributed by atoms with Crippen molar-refractivity contribution in [2.24, 2.45) is 5.73 Å². The summed E-state index contributed by atoms with van der Waals surface area (Å²) in [6.07, 6.45) is 4.44. The van der Waals surface area contributed by atoms with Crippen molar-refractivity contribution in [3.05, 3.63) is 41.7 Å². The van der Waals surface area contributed by atoms with E-state index < -0.39 is 0 Å². The fourth-order valence-electron chi connectivity index (χ4n) is 3.56. The number of hydrogen-bond donors (Lipinski definition) is 1. The first-order chi connectivity index (χ1) is 11.8. The van der Waals surface area contributed by atoms with Gasteiger partial charge in [-0.15, -0.1) is 5.10 Å². The maximum atomic E-state index is 6.18. The molecule has 1 fully saturated rings. The van der Waals surface area contributed by atoms with Crippen molar-refractivity contribution in [2.75, 3.05) is 19.6 Å². The molecule has 0 amide bonds. The number of piperidine rings is 1. The predicted octanol–water partition coefficient (Wildman–Crippen LogP) is 1.97. The average Bonchev–Trinajstić information content (AvgIpc) is 3.08. The third kappa shape index (κ3) is 3.65. The molecule has 1 saturated heterocycles. The van der Waals surface area contributed by atoms with Gasteiger partial charge in [-0.05, 0) is 48.3 Å². The van der Waals surface area contributed by atoms with Gasteiger partial charge in [0.05, 0.1) is 6.54 Å². The number of tetrazole rings is 1. The Balaban J connectivity index is 1.62. The van der Waals surface area contributed by atoms with Crippen LogP contribution in [0.15, 0.2) is 30.3 Å². The van der Waals surface area contributed by atoms with E-state index in [1.165, 1.54) is 5.56 Å². The molecule has 0 bridgehead atoms. The highest BCUT2D eigenvalue weighted by Gasteiger charge is 2.35. The average molecular weight is 328 g/mol. The smallest absolute Gasteiger partial charge is 0.165 e. The molecule has 2 heterocycles. The molecule has 24 heavy (non-hydrogen) atoms. The van der Waals surface area contributed by atoms with Crippen molar-refractivity contribution in [1.29, 1.82) is 0 Å². The molecule has 6 nitrogen and oxygen atoms in total. The lowest BCUT2D eigenvalue weighted by Crippen LogP contribution is -2.46. The molecule has 1 aliphatic heterocycles. The number of hydrogen-bond acceptors (Lipinski definition) is 5. The Labute approximate surface area is 144 Å². The van der Waals surface area contributed by atoms with E-state index in [4.69, 9.17) is 5.73 Å². The van der Waals surface area contributed by atoms with Crippen LogP contribution in [0.5, 0.6) is 0 Å². The number of likely N-dealkylation sites (tertiary alicyclic amines) is 1. The zero-order valence-electron chi connectivity index (χ0n) is 14.6. The fraction of sp³-hybridized carbons (Fsp3) is 0.611. The summed E-state index contributed by atoms with van der Waals surface area (Å²) in [5, 5.41) is 12.2. The molecule has 0 aliphatic carbocycles. The number of rotatable bonds is 7. The largest absolute Gasteiger partial charge is 0.330 e. The van der Waals surface area contributed by atoms with Gasteiger partial charge in [0.15, 0.2) is 5.82 Å². The second-order valence-electron chi connectivity index (χ2n) is 6.80. The van der Waals surface area contributed by atoms with Gasteiger partial charge in [0.1, 0.15) is 0 Å². The summed E-state index contributed by atoms with van der Waals surface area (Å²) in [4.78, 5) is 2.45. The molecule has 0 spiro atoms. The summed E-state index contributed by atoms with van der Waals surface area (Å²) in [7, 11) is 0. The van der Waals surface area contributed by atoms with Crippen LogP contribution in [0.4, 0.5) is 0 Å². The Kier molecular flexibility index (Phi) is 5.58. The Bertz CT molecular complexity index is 615. The molecule has 130 valence electrons. The highest BCUT2D eigenvalue weighted by atomic mass is 15.5. The van der Waals surface area contributed by atoms with Crippen LogP contribution in [-0.4, -0.2) is 44.7 Å². The first-order valence-electron chi connectivity index (χ1n) is 9.00. The quantitative estimate of drug-likeness (QED) is 0.841. The third-order valence-electron chi connectivity index (χ3n) is 5.28. The van der Waals surface area contributed by atoms with E-state index in [9.17, 15) is 0 Å². The maximum Gasteiger partial charge on any atom is 0.165 e. The molecule has 1 aliphatic rings. The highest BCUT2D eigenvalue weighted by Crippen LogP contribution is 2.34. The lowest BCUT2D eigenvalue weighted by Gasteiger charge is -2.41. The summed E-state index contributed by atoms with van der Waals surface area (Å²) < 4.78 is 1.95. The van der Waals surface area contributed by atoms with E-state index in [1.807, 2.05) is 4.68 Å². The van der Waals surface area contributed by atoms with Crippen LogP contribution in [0.3, 0.4) is 0 Å². The van der Waals surface area contributed by atoms with E-state index in [2.05, 4.69) is 57.7 Å². The molecule has 1 aromatic heterocycles. The Morgan fingerprint density at radius 2 is 1.92 bits per heavy atom. The summed E-state index contributed by atoms with van der Waals surface area (Å²) >= 11 is 0. The zero-order chi connectivity index (χ0) is 16.8. The predicted molar refractivity (Wildman–Crippen MR) is 94.4 cm³/mol. The molecular formula is C18H28N6. The first-order valence-corrected chi connectivity index (χ1v) is 9.00. The fourth-order valence-corrected chi connectivity index (χ4v) is 3.56. The van der Waals surface area contributed by atoms with Crippen LogP contribution in [0.1, 0.15) is 44.0 Å². The van der Waals surface area contributed by atoms with Crippen LogP contribution in [0, 0.1) is 0 Å². The van der Waals surface area contributed by atoms with E-state index in [1.54, 1.807) is 0 Å². The van der Waals surface area contributed by atoms with Gasteiger partial charge in [0.2, 0.25) is 0 Å². The van der Waals surface area contributed by atoms with Gasteiger partial charge >= 0.3 is 0 Å². The Morgan fingerprint density at radius 1 is 1.17 bits per heavy atom. The molecule has 0 radical (unpaired) electrons. The van der Waals surface area contributed by atoms with Crippen molar-refractivity contribution >= 4 is 0 Å².